The van der Waals surface area contributed by atoms with E-state index in [2.05, 4.69) is 77.0 Å². The molecular weight excluding hydrogens is 272 g/mol. The highest BCUT2D eigenvalue weighted by molar-refractivity contribution is 6.16. The summed E-state index contributed by atoms with van der Waals surface area (Å²) >= 11 is 0. The van der Waals surface area contributed by atoms with Gasteiger partial charge in [-0.05, 0) is 74.7 Å². The van der Waals surface area contributed by atoms with Gasteiger partial charge >= 0.3 is 0 Å². The first-order valence-electron chi connectivity index (χ1n) is 8.90. The third-order valence-corrected chi connectivity index (χ3v) is 4.61. The fourth-order valence-corrected chi connectivity index (χ4v) is 3.94. The third kappa shape index (κ3) is 7.12. The van der Waals surface area contributed by atoms with Crippen LogP contribution in [0.5, 0.6) is 0 Å². The van der Waals surface area contributed by atoms with Crippen molar-refractivity contribution in [1.82, 2.24) is 9.80 Å². The van der Waals surface area contributed by atoms with Crippen molar-refractivity contribution in [3.8, 4) is 0 Å². The van der Waals surface area contributed by atoms with Gasteiger partial charge in [0.25, 0.3) is 0 Å². The first-order valence-corrected chi connectivity index (χ1v) is 10.0. The van der Waals surface area contributed by atoms with Crippen LogP contribution in [0.3, 0.4) is 0 Å². The molecule has 0 aromatic rings. The van der Waals surface area contributed by atoms with Gasteiger partial charge in [-0.3, -0.25) is 9.80 Å². The number of hydrogen-bond donors (Lipinski definition) is 0. The lowest BCUT2D eigenvalue weighted by atomic mass is 10.1. The van der Waals surface area contributed by atoms with E-state index in [1.807, 2.05) is 0 Å². The van der Waals surface area contributed by atoms with Gasteiger partial charge in [0.05, 0.1) is 6.17 Å². The Labute approximate surface area is 137 Å². The fourth-order valence-electron chi connectivity index (χ4n) is 3.61. The van der Waals surface area contributed by atoms with Crippen LogP contribution in [0.2, 0.25) is 0 Å². The second-order valence-corrected chi connectivity index (χ2v) is 7.92. The first-order chi connectivity index (χ1) is 9.73. The molecule has 0 aliphatic rings. The lowest BCUT2D eigenvalue weighted by Gasteiger charge is -2.48. The number of hydrogen-bond acceptors (Lipinski definition) is 2. The summed E-state index contributed by atoms with van der Waals surface area (Å²) in [5, 5.41) is 0. The maximum absolute atomic E-state index is 2.70. The summed E-state index contributed by atoms with van der Waals surface area (Å²) in [7, 11) is 1.18. The van der Waals surface area contributed by atoms with Crippen LogP contribution < -0.4 is 0 Å². The summed E-state index contributed by atoms with van der Waals surface area (Å²) in [5.74, 6) is 0. The number of rotatable bonds is 10. The summed E-state index contributed by atoms with van der Waals surface area (Å²) in [4.78, 5) is 5.40. The zero-order valence-corrected chi connectivity index (χ0v) is 18.1. The van der Waals surface area contributed by atoms with Gasteiger partial charge in [0.15, 0.2) is 0 Å². The van der Waals surface area contributed by atoms with Crippen LogP contribution in [-0.2, 0) is 0 Å². The molecule has 0 aliphatic carbocycles. The Morgan fingerprint density at radius 2 is 1.14 bits per heavy atom. The van der Waals surface area contributed by atoms with Crippen LogP contribution in [0.25, 0.3) is 0 Å². The van der Waals surface area contributed by atoms with Crippen molar-refractivity contribution in [2.75, 3.05) is 0 Å². The molecule has 0 saturated carbocycles. The van der Waals surface area contributed by atoms with Crippen LogP contribution in [-0.4, -0.2) is 50.4 Å². The summed E-state index contributed by atoms with van der Waals surface area (Å²) in [6, 6.07) is 2.35. The second kappa shape index (κ2) is 10.6. The molecule has 0 radical (unpaired) electrons. The maximum atomic E-state index is 2.70. The van der Waals surface area contributed by atoms with Gasteiger partial charge in [-0.2, -0.15) is 0 Å². The molecule has 0 bridgehead atoms. The number of allylic oxidation sites excluding steroid dienone is 1. The molecule has 0 amide bonds. The Morgan fingerprint density at radius 3 is 1.43 bits per heavy atom. The molecule has 0 saturated heterocycles. The highest BCUT2D eigenvalue weighted by Gasteiger charge is 2.31. The maximum Gasteiger partial charge on any atom is 0.0631 e. The molecular formula is C18H40N2Si. The monoisotopic (exact) mass is 312 g/mol. The van der Waals surface area contributed by atoms with Crippen LogP contribution >= 0.6 is 0 Å². The molecule has 0 N–H and O–H groups in total. The Bertz CT molecular complexity index is 249. The molecule has 0 spiro atoms. The van der Waals surface area contributed by atoms with E-state index in [1.165, 1.54) is 29.5 Å². The van der Waals surface area contributed by atoms with Crippen LogP contribution in [0.15, 0.2) is 11.8 Å². The van der Waals surface area contributed by atoms with Gasteiger partial charge in [0.2, 0.25) is 0 Å². The zero-order chi connectivity index (χ0) is 16.6. The minimum Gasteiger partial charge on any atom is -0.283 e. The number of unbranched alkanes of at least 4 members (excludes halogenated alkanes) is 1. The van der Waals surface area contributed by atoms with Gasteiger partial charge in [0.1, 0.15) is 0 Å². The zero-order valence-electron chi connectivity index (χ0n) is 16.1. The molecule has 0 aromatic carbocycles. The Kier molecular flexibility index (Phi) is 10.5. The van der Waals surface area contributed by atoms with Gasteiger partial charge in [0, 0.05) is 34.4 Å². The fraction of sp³-hybridized carbons (Fsp3) is 0.889. The molecule has 0 atom stereocenters. The van der Waals surface area contributed by atoms with Crippen molar-refractivity contribution in [3.63, 3.8) is 0 Å². The van der Waals surface area contributed by atoms with Gasteiger partial charge in [-0.15, -0.1) is 5.70 Å². The van der Waals surface area contributed by atoms with E-state index in [0.717, 1.165) is 0 Å². The summed E-state index contributed by atoms with van der Waals surface area (Å²) < 4.78 is 0. The van der Waals surface area contributed by atoms with Gasteiger partial charge in [-0.1, -0.05) is 6.08 Å². The first kappa shape index (κ1) is 20.9. The van der Waals surface area contributed by atoms with E-state index in [0.29, 0.717) is 30.3 Å². The largest absolute Gasteiger partial charge is 0.283 e. The summed E-state index contributed by atoms with van der Waals surface area (Å²) in [6.07, 6.45) is 6.68. The molecule has 126 valence electrons. The van der Waals surface area contributed by atoms with Crippen molar-refractivity contribution in [2.45, 2.75) is 105 Å². The Morgan fingerprint density at radius 1 is 0.762 bits per heavy atom. The number of nitrogens with zero attached hydrogens (tertiary/aromatic N) is 2. The van der Waals surface area contributed by atoms with Crippen molar-refractivity contribution in [2.24, 2.45) is 0 Å². The van der Waals surface area contributed by atoms with Crippen LogP contribution in [0, 0.1) is 0 Å². The standard InChI is InChI=1S/C18H40N2Si/c1-14(2)19(15(3)4)18(12-10-9-11-13-21)20(16(5)6)17(7)8/h11,13-18H,9-10,12H2,1-8,21H3. The van der Waals surface area contributed by atoms with Crippen molar-refractivity contribution < 1.29 is 0 Å². The van der Waals surface area contributed by atoms with E-state index in [9.17, 15) is 0 Å². The van der Waals surface area contributed by atoms with E-state index in [-0.39, 0.29) is 0 Å². The highest BCUT2D eigenvalue weighted by Crippen LogP contribution is 2.23. The second-order valence-electron chi connectivity index (χ2n) is 7.25. The summed E-state index contributed by atoms with van der Waals surface area (Å²) in [5.41, 5.74) is 2.31. The van der Waals surface area contributed by atoms with Crippen molar-refractivity contribution >= 4 is 10.2 Å². The molecule has 2 nitrogen and oxygen atoms in total. The van der Waals surface area contributed by atoms with Crippen LogP contribution in [0.4, 0.5) is 0 Å². The van der Waals surface area contributed by atoms with Crippen molar-refractivity contribution in [3.05, 3.63) is 11.8 Å². The Hall–Kier alpha value is -0.123. The lowest BCUT2D eigenvalue weighted by molar-refractivity contribution is -0.0400. The molecule has 0 unspecified atom stereocenters. The van der Waals surface area contributed by atoms with Gasteiger partial charge in [-0.25, -0.2) is 0 Å². The molecule has 21 heavy (non-hydrogen) atoms. The summed E-state index contributed by atoms with van der Waals surface area (Å²) in [6.45, 7) is 18.7. The quantitative estimate of drug-likeness (QED) is 0.345. The SMILES string of the molecule is CC(C)N(C(C)C)C(CCCC=C[SiH3])N(C(C)C)C(C)C. The molecule has 0 fully saturated rings. The highest BCUT2D eigenvalue weighted by atomic mass is 28.1. The molecule has 0 aliphatic heterocycles. The third-order valence-electron chi connectivity index (χ3n) is 4.14. The molecule has 3 heteroatoms. The minimum absolute atomic E-state index is 0.549. The Balaban J connectivity index is 5.21. The van der Waals surface area contributed by atoms with E-state index < -0.39 is 0 Å². The lowest BCUT2D eigenvalue weighted by Crippen LogP contribution is -2.57. The molecule has 0 aromatic heterocycles. The average Bonchev–Trinajstić information content (AvgIpc) is 2.32. The average molecular weight is 313 g/mol. The normalized spacial score (nSPS) is 13.7. The molecule has 0 rings (SSSR count). The smallest absolute Gasteiger partial charge is 0.0631 e. The van der Waals surface area contributed by atoms with E-state index in [4.69, 9.17) is 0 Å². The minimum atomic E-state index is 0.549. The topological polar surface area (TPSA) is 6.48 Å². The predicted octanol–water partition coefficient (Wildman–Crippen LogP) is 3.60. The predicted molar refractivity (Wildman–Crippen MR) is 101 cm³/mol. The molecule has 0 heterocycles. The van der Waals surface area contributed by atoms with Crippen molar-refractivity contribution in [1.29, 1.82) is 0 Å². The van der Waals surface area contributed by atoms with Gasteiger partial charge < -0.3 is 0 Å². The van der Waals surface area contributed by atoms with E-state index >= 15 is 0 Å². The van der Waals surface area contributed by atoms with E-state index in [1.54, 1.807) is 0 Å². The van der Waals surface area contributed by atoms with Crippen LogP contribution in [0.1, 0.15) is 74.7 Å².